The van der Waals surface area contributed by atoms with Gasteiger partial charge in [-0.1, -0.05) is 19.1 Å². The number of carbonyl (C=O) groups is 1. The molecule has 0 saturated heterocycles. The van der Waals surface area contributed by atoms with Gasteiger partial charge in [0.1, 0.15) is 10.6 Å². The van der Waals surface area contributed by atoms with E-state index in [9.17, 15) is 13.2 Å². The molecule has 8 nitrogen and oxygen atoms in total. The van der Waals surface area contributed by atoms with Gasteiger partial charge in [-0.2, -0.15) is 4.31 Å². The van der Waals surface area contributed by atoms with Crippen LogP contribution < -0.4 is 19.5 Å². The molecule has 0 bridgehead atoms. The number of methoxy groups -OCH3 is 3. The van der Waals surface area contributed by atoms with Gasteiger partial charge in [-0.05, 0) is 48.7 Å². The molecule has 2 aromatic rings. The Morgan fingerprint density at radius 1 is 0.968 bits per heavy atom. The molecule has 31 heavy (non-hydrogen) atoms. The highest BCUT2D eigenvalue weighted by Crippen LogP contribution is 2.28. The average Bonchev–Trinajstić information content (AvgIpc) is 2.77. The van der Waals surface area contributed by atoms with E-state index < -0.39 is 10.0 Å². The molecular formula is C22H30N2O6S. The average molecular weight is 451 g/mol. The number of aryl methyl sites for hydroxylation is 1. The molecule has 0 heterocycles. The van der Waals surface area contributed by atoms with Gasteiger partial charge in [0, 0.05) is 13.1 Å². The number of hydrogen-bond acceptors (Lipinski definition) is 6. The number of benzene rings is 2. The van der Waals surface area contributed by atoms with E-state index in [1.807, 2.05) is 12.1 Å². The maximum Gasteiger partial charge on any atom is 0.247 e. The molecule has 0 fully saturated rings. The lowest BCUT2D eigenvalue weighted by Crippen LogP contribution is -2.41. The summed E-state index contributed by atoms with van der Waals surface area (Å²) in [5.41, 5.74) is 1.75. The molecule has 0 aliphatic rings. The Bertz CT molecular complexity index is 1010. The summed E-state index contributed by atoms with van der Waals surface area (Å²) in [5, 5.41) is 2.78. The van der Waals surface area contributed by atoms with E-state index in [0.29, 0.717) is 24.5 Å². The number of rotatable bonds is 11. The van der Waals surface area contributed by atoms with E-state index in [2.05, 4.69) is 5.32 Å². The second-order valence-corrected chi connectivity index (χ2v) is 8.78. The summed E-state index contributed by atoms with van der Waals surface area (Å²) in [7, 11) is 0.658. The number of ether oxygens (including phenoxy) is 3. The molecule has 0 unspecified atom stereocenters. The summed E-state index contributed by atoms with van der Waals surface area (Å²) in [6.07, 6.45) is 0.566. The topological polar surface area (TPSA) is 94.2 Å². The highest BCUT2D eigenvalue weighted by Gasteiger charge is 2.28. The Hall–Kier alpha value is -2.78. The maximum absolute atomic E-state index is 13.1. The van der Waals surface area contributed by atoms with Gasteiger partial charge in [-0.3, -0.25) is 4.79 Å². The van der Waals surface area contributed by atoms with E-state index in [1.54, 1.807) is 52.3 Å². The predicted octanol–water partition coefficient (Wildman–Crippen LogP) is 2.39. The molecule has 1 amide bonds. The van der Waals surface area contributed by atoms with Crippen molar-refractivity contribution in [2.45, 2.75) is 25.2 Å². The summed E-state index contributed by atoms with van der Waals surface area (Å²) in [6.45, 7) is 3.73. The molecule has 0 aromatic heterocycles. The van der Waals surface area contributed by atoms with Crippen molar-refractivity contribution < 1.29 is 27.4 Å². The highest BCUT2D eigenvalue weighted by molar-refractivity contribution is 7.89. The van der Waals surface area contributed by atoms with Crippen LogP contribution in [0.3, 0.4) is 0 Å². The lowest BCUT2D eigenvalue weighted by molar-refractivity contribution is -0.121. The highest BCUT2D eigenvalue weighted by atomic mass is 32.2. The van der Waals surface area contributed by atoms with Crippen molar-refractivity contribution in [3.63, 3.8) is 0 Å². The summed E-state index contributed by atoms with van der Waals surface area (Å²) < 4.78 is 43.0. The van der Waals surface area contributed by atoms with Gasteiger partial charge in [0.25, 0.3) is 0 Å². The molecular weight excluding hydrogens is 420 g/mol. The van der Waals surface area contributed by atoms with E-state index in [4.69, 9.17) is 14.2 Å². The van der Waals surface area contributed by atoms with Crippen LogP contribution in [0.15, 0.2) is 41.3 Å². The van der Waals surface area contributed by atoms with Crippen LogP contribution in [0.4, 0.5) is 0 Å². The Morgan fingerprint density at radius 3 is 2.23 bits per heavy atom. The lowest BCUT2D eigenvalue weighted by atomic mass is 10.1. The van der Waals surface area contributed by atoms with E-state index in [1.165, 1.54) is 7.11 Å². The van der Waals surface area contributed by atoms with Crippen LogP contribution in [-0.4, -0.2) is 59.6 Å². The fraction of sp³-hybridized carbons (Fsp3) is 0.409. The van der Waals surface area contributed by atoms with Crippen molar-refractivity contribution in [1.82, 2.24) is 9.62 Å². The Labute approximate surface area is 184 Å². The quantitative estimate of drug-likeness (QED) is 0.565. The first-order chi connectivity index (χ1) is 14.8. The van der Waals surface area contributed by atoms with Crippen LogP contribution in [0.25, 0.3) is 0 Å². The SMILES string of the molecule is CCN(CC(=O)NCCc1ccc(OC)c(OC)c1)S(=O)(=O)c1cc(C)ccc1OC. The van der Waals surface area contributed by atoms with Crippen molar-refractivity contribution in [1.29, 1.82) is 0 Å². The summed E-state index contributed by atoms with van der Waals surface area (Å²) in [6, 6.07) is 10.5. The third-order valence-electron chi connectivity index (χ3n) is 4.79. The Morgan fingerprint density at radius 2 is 1.61 bits per heavy atom. The summed E-state index contributed by atoms with van der Waals surface area (Å²) in [4.78, 5) is 12.5. The van der Waals surface area contributed by atoms with Gasteiger partial charge in [0.2, 0.25) is 15.9 Å². The first-order valence-corrected chi connectivity index (χ1v) is 11.3. The zero-order valence-electron chi connectivity index (χ0n) is 18.6. The zero-order chi connectivity index (χ0) is 23.0. The van der Waals surface area contributed by atoms with Crippen molar-refractivity contribution in [2.24, 2.45) is 0 Å². The number of nitrogens with one attached hydrogen (secondary N) is 1. The first-order valence-electron chi connectivity index (χ1n) is 9.89. The molecule has 0 spiro atoms. The van der Waals surface area contributed by atoms with Crippen molar-refractivity contribution in [3.8, 4) is 17.2 Å². The molecule has 0 saturated carbocycles. The van der Waals surface area contributed by atoms with Crippen LogP contribution in [0.5, 0.6) is 17.2 Å². The van der Waals surface area contributed by atoms with Crippen molar-refractivity contribution >= 4 is 15.9 Å². The number of amides is 1. The molecule has 0 aliphatic heterocycles. The van der Waals surface area contributed by atoms with Crippen LogP contribution >= 0.6 is 0 Å². The normalized spacial score (nSPS) is 11.3. The number of nitrogens with zero attached hydrogens (tertiary/aromatic N) is 1. The second kappa shape index (κ2) is 11.0. The molecule has 170 valence electrons. The minimum Gasteiger partial charge on any atom is -0.495 e. The van der Waals surface area contributed by atoms with E-state index in [0.717, 1.165) is 15.4 Å². The number of likely N-dealkylation sites (N-methyl/N-ethyl adjacent to an activating group) is 1. The molecule has 0 atom stereocenters. The maximum atomic E-state index is 13.1. The third kappa shape index (κ3) is 6.11. The number of sulfonamides is 1. The monoisotopic (exact) mass is 450 g/mol. The molecule has 9 heteroatoms. The largest absolute Gasteiger partial charge is 0.495 e. The second-order valence-electron chi connectivity index (χ2n) is 6.87. The number of hydrogen-bond donors (Lipinski definition) is 1. The standard InChI is InChI=1S/C22H30N2O6S/c1-6-24(31(26,27)21-13-16(2)7-9-19(21)29-4)15-22(25)23-12-11-17-8-10-18(28-3)20(14-17)30-5/h7-10,13-14H,6,11-12,15H2,1-5H3,(H,23,25). The van der Waals surface area contributed by atoms with Gasteiger partial charge < -0.3 is 19.5 Å². The van der Waals surface area contributed by atoms with E-state index >= 15 is 0 Å². The van der Waals surface area contributed by atoms with Gasteiger partial charge in [-0.15, -0.1) is 0 Å². The summed E-state index contributed by atoms with van der Waals surface area (Å²) in [5.74, 6) is 1.11. The molecule has 0 aliphatic carbocycles. The molecule has 2 rings (SSSR count). The Kier molecular flexibility index (Phi) is 8.70. The van der Waals surface area contributed by atoms with Crippen LogP contribution in [0.1, 0.15) is 18.1 Å². The van der Waals surface area contributed by atoms with Crippen LogP contribution in [-0.2, 0) is 21.2 Å². The van der Waals surface area contributed by atoms with Crippen LogP contribution in [0, 0.1) is 6.92 Å². The minimum absolute atomic E-state index is 0.0509. The fourth-order valence-corrected chi connectivity index (χ4v) is 4.74. The summed E-state index contributed by atoms with van der Waals surface area (Å²) >= 11 is 0. The predicted molar refractivity (Wildman–Crippen MR) is 118 cm³/mol. The van der Waals surface area contributed by atoms with Gasteiger partial charge in [0.15, 0.2) is 11.5 Å². The smallest absolute Gasteiger partial charge is 0.247 e. The van der Waals surface area contributed by atoms with Gasteiger partial charge in [0.05, 0.1) is 27.9 Å². The zero-order valence-corrected chi connectivity index (χ0v) is 19.4. The first kappa shape index (κ1) is 24.5. The molecule has 1 N–H and O–H groups in total. The van der Waals surface area contributed by atoms with Gasteiger partial charge in [-0.25, -0.2) is 8.42 Å². The van der Waals surface area contributed by atoms with Gasteiger partial charge >= 0.3 is 0 Å². The molecule has 0 radical (unpaired) electrons. The van der Waals surface area contributed by atoms with Crippen molar-refractivity contribution in [3.05, 3.63) is 47.5 Å². The Balaban J connectivity index is 2.03. The minimum atomic E-state index is -3.89. The lowest BCUT2D eigenvalue weighted by Gasteiger charge is -2.21. The van der Waals surface area contributed by atoms with Crippen molar-refractivity contribution in [2.75, 3.05) is 41.0 Å². The third-order valence-corrected chi connectivity index (χ3v) is 6.74. The fourth-order valence-electron chi connectivity index (χ4n) is 3.09. The molecule has 2 aromatic carbocycles. The van der Waals surface area contributed by atoms with Crippen LogP contribution in [0.2, 0.25) is 0 Å². The van der Waals surface area contributed by atoms with E-state index in [-0.39, 0.29) is 29.6 Å². The number of carbonyl (C=O) groups excluding carboxylic acids is 1.